The summed E-state index contributed by atoms with van der Waals surface area (Å²) in [6.07, 6.45) is 3.08. The summed E-state index contributed by atoms with van der Waals surface area (Å²) in [6, 6.07) is 73.9. The molecule has 11 rings (SSSR count). The Labute approximate surface area is 343 Å². The van der Waals surface area contributed by atoms with Crippen LogP contribution in [-0.2, 0) is 12.8 Å². The van der Waals surface area contributed by atoms with Crippen LogP contribution in [0.1, 0.15) is 17.5 Å². The maximum absolute atomic E-state index is 5.02. The lowest BCUT2D eigenvalue weighted by atomic mass is 10.0. The normalized spacial score (nSPS) is 11.6. The summed E-state index contributed by atoms with van der Waals surface area (Å²) < 4.78 is 4.82. The summed E-state index contributed by atoms with van der Waals surface area (Å²) in [4.78, 5) is 9.98. The molecule has 0 atom stereocenters. The van der Waals surface area contributed by atoms with Crippen LogP contribution in [0, 0.1) is 0 Å². The molecule has 0 amide bonds. The highest BCUT2D eigenvalue weighted by molar-refractivity contribution is 6.12. The third-order valence-electron chi connectivity index (χ3n) is 11.7. The minimum Gasteiger partial charge on any atom is -0.309 e. The first-order valence-electron chi connectivity index (χ1n) is 20.5. The van der Waals surface area contributed by atoms with Crippen molar-refractivity contribution in [2.75, 3.05) is 0 Å². The Hall–Kier alpha value is -7.56. The van der Waals surface area contributed by atoms with Gasteiger partial charge < -0.3 is 9.13 Å². The fourth-order valence-corrected chi connectivity index (χ4v) is 8.82. The highest BCUT2D eigenvalue weighted by Gasteiger charge is 2.17. The molecular formula is C55H40N4. The van der Waals surface area contributed by atoms with E-state index in [1.165, 1.54) is 66.1 Å². The van der Waals surface area contributed by atoms with Gasteiger partial charge in [-0.25, -0.2) is 9.97 Å². The zero-order valence-electron chi connectivity index (χ0n) is 32.5. The summed E-state index contributed by atoms with van der Waals surface area (Å²) in [5.41, 5.74) is 14.9. The first-order valence-corrected chi connectivity index (χ1v) is 20.5. The molecule has 0 bridgehead atoms. The van der Waals surface area contributed by atoms with Gasteiger partial charge in [0.25, 0.3) is 0 Å². The van der Waals surface area contributed by atoms with Gasteiger partial charge in [-0.05, 0) is 91.1 Å². The van der Waals surface area contributed by atoms with Gasteiger partial charge in [-0.1, -0.05) is 146 Å². The van der Waals surface area contributed by atoms with Crippen LogP contribution >= 0.6 is 0 Å². The summed E-state index contributed by atoms with van der Waals surface area (Å²) in [7, 11) is 0. The van der Waals surface area contributed by atoms with Crippen LogP contribution in [0.15, 0.2) is 206 Å². The minimum absolute atomic E-state index is 0.736. The van der Waals surface area contributed by atoms with Crippen LogP contribution in [-0.4, -0.2) is 19.1 Å². The standard InChI is InChI=1S/C55H40N4/c1-4-17-40(18-5-1)49-37-50(57-55(56-49)42-19-6-2-7-20-42)41-30-27-38(28-31-41)15-14-16-39-29-33-53-47(35-39)45-23-10-13-26-52(45)59(53)44-32-34-54-48(36-44)46-24-11-12-25-51(46)58(54)43-21-8-3-9-22-43/h1-13,17-37H,14-16H2. The number of hydrogen-bond donors (Lipinski definition) is 0. The second kappa shape index (κ2) is 14.7. The fraction of sp³-hybridized carbons (Fsp3) is 0.0545. The largest absolute Gasteiger partial charge is 0.309 e. The number of rotatable bonds is 9. The van der Waals surface area contributed by atoms with Gasteiger partial charge in [0.2, 0.25) is 0 Å². The molecule has 0 N–H and O–H groups in total. The van der Waals surface area contributed by atoms with Crippen molar-refractivity contribution >= 4 is 43.6 Å². The maximum Gasteiger partial charge on any atom is 0.160 e. The quantitative estimate of drug-likeness (QED) is 0.147. The number of aryl methyl sites for hydroxylation is 2. The van der Waals surface area contributed by atoms with Crippen molar-refractivity contribution in [1.82, 2.24) is 19.1 Å². The Morgan fingerprint density at radius 1 is 0.322 bits per heavy atom. The van der Waals surface area contributed by atoms with Crippen LogP contribution in [0.25, 0.3) is 88.9 Å². The van der Waals surface area contributed by atoms with Gasteiger partial charge in [-0.15, -0.1) is 0 Å². The fourth-order valence-electron chi connectivity index (χ4n) is 8.82. The summed E-state index contributed by atoms with van der Waals surface area (Å²) in [5.74, 6) is 0.736. The van der Waals surface area contributed by atoms with Gasteiger partial charge in [0, 0.05) is 49.6 Å². The topological polar surface area (TPSA) is 35.6 Å². The lowest BCUT2D eigenvalue weighted by molar-refractivity contribution is 0.821. The van der Waals surface area contributed by atoms with Crippen LogP contribution in [0.4, 0.5) is 0 Å². The molecule has 0 unspecified atom stereocenters. The lowest BCUT2D eigenvalue weighted by Gasteiger charge is -2.11. The summed E-state index contributed by atoms with van der Waals surface area (Å²) in [5, 5.41) is 5.09. The van der Waals surface area contributed by atoms with E-state index in [0.29, 0.717) is 0 Å². The first-order chi connectivity index (χ1) is 29.2. The van der Waals surface area contributed by atoms with E-state index in [1.807, 2.05) is 24.3 Å². The molecule has 0 spiro atoms. The SMILES string of the molecule is c1ccc(-c2cc(-c3ccc(CCCc4ccc5c(c4)c4ccccc4n5-c4ccc5c(c4)c4ccccc4n5-c4ccccc4)cc3)nc(-c3ccccc3)n2)cc1. The van der Waals surface area contributed by atoms with Gasteiger partial charge in [0.05, 0.1) is 33.5 Å². The Morgan fingerprint density at radius 2 is 0.797 bits per heavy atom. The molecule has 8 aromatic carbocycles. The number of fused-ring (bicyclic) bond motifs is 6. The second-order valence-corrected chi connectivity index (χ2v) is 15.3. The molecule has 3 heterocycles. The van der Waals surface area contributed by atoms with Gasteiger partial charge in [0.15, 0.2) is 5.82 Å². The van der Waals surface area contributed by atoms with Crippen LogP contribution in [0.2, 0.25) is 0 Å². The van der Waals surface area contributed by atoms with Gasteiger partial charge in [-0.3, -0.25) is 0 Å². The van der Waals surface area contributed by atoms with E-state index in [0.717, 1.165) is 53.2 Å². The molecule has 0 aliphatic rings. The molecule has 11 aromatic rings. The average Bonchev–Trinajstić information content (AvgIpc) is 3.82. The number of benzene rings is 8. The van der Waals surface area contributed by atoms with Crippen LogP contribution in [0.5, 0.6) is 0 Å². The van der Waals surface area contributed by atoms with Gasteiger partial charge in [0.1, 0.15) is 0 Å². The minimum atomic E-state index is 0.736. The Morgan fingerprint density at radius 3 is 1.46 bits per heavy atom. The molecule has 59 heavy (non-hydrogen) atoms. The van der Waals surface area contributed by atoms with Crippen LogP contribution < -0.4 is 0 Å². The molecule has 4 nitrogen and oxygen atoms in total. The smallest absolute Gasteiger partial charge is 0.160 e. The molecular weight excluding hydrogens is 717 g/mol. The van der Waals surface area contributed by atoms with E-state index < -0.39 is 0 Å². The summed E-state index contributed by atoms with van der Waals surface area (Å²) >= 11 is 0. The number of hydrogen-bond acceptors (Lipinski definition) is 2. The monoisotopic (exact) mass is 756 g/mol. The lowest BCUT2D eigenvalue weighted by Crippen LogP contribution is -1.96. The second-order valence-electron chi connectivity index (χ2n) is 15.3. The number of aromatic nitrogens is 4. The molecule has 0 radical (unpaired) electrons. The first kappa shape index (κ1) is 34.7. The Bertz CT molecular complexity index is 3210. The van der Waals surface area contributed by atoms with Crippen molar-refractivity contribution in [2.24, 2.45) is 0 Å². The van der Waals surface area contributed by atoms with E-state index >= 15 is 0 Å². The van der Waals surface area contributed by atoms with E-state index in [1.54, 1.807) is 0 Å². The zero-order valence-corrected chi connectivity index (χ0v) is 32.5. The maximum atomic E-state index is 5.02. The van der Waals surface area contributed by atoms with Crippen LogP contribution in [0.3, 0.4) is 0 Å². The van der Waals surface area contributed by atoms with Gasteiger partial charge in [-0.2, -0.15) is 0 Å². The van der Waals surface area contributed by atoms with E-state index in [2.05, 4.69) is 191 Å². The van der Waals surface area contributed by atoms with E-state index in [-0.39, 0.29) is 0 Å². The van der Waals surface area contributed by atoms with Crippen molar-refractivity contribution in [3.05, 3.63) is 217 Å². The summed E-state index contributed by atoms with van der Waals surface area (Å²) in [6.45, 7) is 0. The highest BCUT2D eigenvalue weighted by Crippen LogP contribution is 2.37. The van der Waals surface area contributed by atoms with Gasteiger partial charge >= 0.3 is 0 Å². The highest BCUT2D eigenvalue weighted by atomic mass is 15.0. The Balaban J connectivity index is 0.867. The van der Waals surface area contributed by atoms with Crippen molar-refractivity contribution in [3.63, 3.8) is 0 Å². The molecule has 4 heteroatoms. The molecule has 0 aliphatic carbocycles. The molecule has 3 aromatic heterocycles. The molecule has 0 aliphatic heterocycles. The Kier molecular flexibility index (Phi) is 8.66. The molecule has 280 valence electrons. The predicted octanol–water partition coefficient (Wildman–Crippen LogP) is 13.8. The van der Waals surface area contributed by atoms with E-state index in [4.69, 9.17) is 9.97 Å². The molecule has 0 saturated heterocycles. The van der Waals surface area contributed by atoms with Crippen molar-refractivity contribution in [2.45, 2.75) is 19.3 Å². The number of para-hydroxylation sites is 3. The third-order valence-corrected chi connectivity index (χ3v) is 11.7. The molecule has 0 fully saturated rings. The average molecular weight is 757 g/mol. The van der Waals surface area contributed by atoms with Crippen molar-refractivity contribution in [3.8, 4) is 45.3 Å². The zero-order chi connectivity index (χ0) is 39.1. The third kappa shape index (κ3) is 6.36. The van der Waals surface area contributed by atoms with Crippen molar-refractivity contribution < 1.29 is 0 Å². The molecule has 0 saturated carbocycles. The van der Waals surface area contributed by atoms with E-state index in [9.17, 15) is 0 Å². The van der Waals surface area contributed by atoms with Crippen molar-refractivity contribution in [1.29, 1.82) is 0 Å². The number of nitrogens with zero attached hydrogens (tertiary/aromatic N) is 4. The predicted molar refractivity (Wildman–Crippen MR) is 245 cm³/mol.